The number of nitrogens with zero attached hydrogens (tertiary/aromatic N) is 1. The van der Waals surface area contributed by atoms with E-state index in [1.807, 2.05) is 36.2 Å². The maximum Gasteiger partial charge on any atom is 0.199 e. The molecule has 0 saturated heterocycles. The van der Waals surface area contributed by atoms with Crippen LogP contribution in [0.4, 0.5) is 11.4 Å². The van der Waals surface area contributed by atoms with Gasteiger partial charge in [0.2, 0.25) is 0 Å². The van der Waals surface area contributed by atoms with Gasteiger partial charge >= 0.3 is 0 Å². The first-order valence-electron chi connectivity index (χ1n) is 7.70. The number of aryl methyl sites for hydroxylation is 2. The normalized spacial score (nSPS) is 10.1. The number of nitrogens with one attached hydrogen (secondary N) is 2. The number of halogens is 1. The van der Waals surface area contributed by atoms with Gasteiger partial charge in [0.15, 0.2) is 5.96 Å². The van der Waals surface area contributed by atoms with Crippen LogP contribution in [0.3, 0.4) is 0 Å². The summed E-state index contributed by atoms with van der Waals surface area (Å²) in [5.41, 5.74) is 4.34. The van der Waals surface area contributed by atoms with Crippen LogP contribution in [-0.4, -0.2) is 13.0 Å². The molecule has 3 rings (SSSR count). The molecule has 0 radical (unpaired) electrons. The number of benzene rings is 3. The van der Waals surface area contributed by atoms with E-state index in [1.54, 1.807) is 0 Å². The molecule has 2 N–H and O–H groups in total. The van der Waals surface area contributed by atoms with Gasteiger partial charge in [-0.3, -0.25) is 5.41 Å². The number of fused-ring (bicyclic) bond motifs is 1. The Balaban J connectivity index is 0.00000208. The molecule has 0 fully saturated rings. The maximum absolute atomic E-state index is 8.43. The minimum absolute atomic E-state index is 0. The van der Waals surface area contributed by atoms with E-state index >= 15 is 0 Å². The fourth-order valence-corrected chi connectivity index (χ4v) is 2.75. The maximum atomic E-state index is 8.43. The van der Waals surface area contributed by atoms with Crippen molar-refractivity contribution in [1.29, 1.82) is 5.41 Å². The highest BCUT2D eigenvalue weighted by Gasteiger charge is 2.11. The molecular formula is C20H22ClN3. The highest BCUT2D eigenvalue weighted by Crippen LogP contribution is 2.25. The molecule has 0 unspecified atom stereocenters. The van der Waals surface area contributed by atoms with E-state index in [-0.39, 0.29) is 12.4 Å². The molecule has 3 aromatic carbocycles. The number of guanidine groups is 1. The second kappa shape index (κ2) is 7.37. The van der Waals surface area contributed by atoms with Crippen molar-refractivity contribution in [1.82, 2.24) is 0 Å². The first-order chi connectivity index (χ1) is 11.1. The number of hydrogen-bond donors (Lipinski definition) is 2. The summed E-state index contributed by atoms with van der Waals surface area (Å²) in [5.74, 6) is 0.357. The van der Waals surface area contributed by atoms with Gasteiger partial charge in [0.1, 0.15) is 0 Å². The molecule has 0 heterocycles. The van der Waals surface area contributed by atoms with Crippen LogP contribution in [-0.2, 0) is 0 Å². The molecule has 124 valence electrons. The van der Waals surface area contributed by atoms with Crippen LogP contribution in [0.15, 0.2) is 60.7 Å². The van der Waals surface area contributed by atoms with Gasteiger partial charge < -0.3 is 10.2 Å². The molecule has 0 amide bonds. The van der Waals surface area contributed by atoms with E-state index < -0.39 is 0 Å². The zero-order chi connectivity index (χ0) is 16.4. The van der Waals surface area contributed by atoms with Crippen LogP contribution in [0.2, 0.25) is 0 Å². The minimum atomic E-state index is 0. The van der Waals surface area contributed by atoms with Gasteiger partial charge in [-0.15, -0.1) is 12.4 Å². The van der Waals surface area contributed by atoms with Crippen molar-refractivity contribution in [2.75, 3.05) is 17.3 Å². The quantitative estimate of drug-likeness (QED) is 0.487. The standard InChI is InChI=1S/C20H21N3.ClH/c1-14-11-12-15(2)19(13-14)23(3)20(21)22-18-10-6-8-16-7-4-5-9-17(16)18;/h4-13H,1-3H3,(H2,21,22);1H. The summed E-state index contributed by atoms with van der Waals surface area (Å²) in [4.78, 5) is 1.88. The van der Waals surface area contributed by atoms with Crippen LogP contribution >= 0.6 is 12.4 Å². The van der Waals surface area contributed by atoms with Crippen molar-refractivity contribution >= 4 is 40.5 Å². The monoisotopic (exact) mass is 339 g/mol. The molecule has 0 aliphatic heterocycles. The number of anilines is 2. The topological polar surface area (TPSA) is 39.1 Å². The Morgan fingerprint density at radius 3 is 2.46 bits per heavy atom. The van der Waals surface area contributed by atoms with Gasteiger partial charge in [0, 0.05) is 23.8 Å². The fourth-order valence-electron chi connectivity index (χ4n) is 2.75. The van der Waals surface area contributed by atoms with Crippen LogP contribution < -0.4 is 10.2 Å². The molecule has 0 aromatic heterocycles. The first-order valence-corrected chi connectivity index (χ1v) is 7.70. The second-order valence-corrected chi connectivity index (χ2v) is 5.85. The SMILES string of the molecule is Cc1ccc(C)c(N(C)C(=N)Nc2cccc3ccccc23)c1.Cl. The van der Waals surface area contributed by atoms with Gasteiger partial charge in [-0.2, -0.15) is 0 Å². The smallest absolute Gasteiger partial charge is 0.199 e. The van der Waals surface area contributed by atoms with Crippen LogP contribution in [0.25, 0.3) is 10.8 Å². The average Bonchev–Trinajstić information content (AvgIpc) is 2.56. The summed E-state index contributed by atoms with van der Waals surface area (Å²) in [6, 6.07) is 20.6. The molecular weight excluding hydrogens is 318 g/mol. The molecule has 4 heteroatoms. The Labute approximate surface area is 149 Å². The van der Waals surface area contributed by atoms with Gasteiger partial charge in [-0.05, 0) is 42.5 Å². The lowest BCUT2D eigenvalue weighted by Gasteiger charge is -2.23. The fraction of sp³-hybridized carbons (Fsp3) is 0.150. The summed E-state index contributed by atoms with van der Waals surface area (Å²) in [5, 5.41) is 14.0. The Bertz CT molecular complexity index is 868. The predicted octanol–water partition coefficient (Wildman–Crippen LogP) is 5.36. The Hall–Kier alpha value is -2.52. The second-order valence-electron chi connectivity index (χ2n) is 5.85. The third-order valence-electron chi connectivity index (χ3n) is 4.10. The lowest BCUT2D eigenvalue weighted by atomic mass is 10.1. The highest BCUT2D eigenvalue weighted by atomic mass is 35.5. The van der Waals surface area contributed by atoms with E-state index in [4.69, 9.17) is 5.41 Å². The zero-order valence-corrected chi connectivity index (χ0v) is 14.9. The number of rotatable bonds is 2. The molecule has 3 nitrogen and oxygen atoms in total. The van der Waals surface area contributed by atoms with Crippen LogP contribution in [0.5, 0.6) is 0 Å². The molecule has 3 aromatic rings. The molecule has 24 heavy (non-hydrogen) atoms. The largest absolute Gasteiger partial charge is 0.326 e. The summed E-state index contributed by atoms with van der Waals surface area (Å²) >= 11 is 0. The Morgan fingerprint density at radius 1 is 0.958 bits per heavy atom. The molecule has 0 aliphatic rings. The Kier molecular flexibility index (Phi) is 5.47. The average molecular weight is 340 g/mol. The van der Waals surface area contributed by atoms with Gasteiger partial charge in [-0.25, -0.2) is 0 Å². The van der Waals surface area contributed by atoms with E-state index in [2.05, 4.69) is 55.6 Å². The first kappa shape index (κ1) is 17.8. The molecule has 0 bridgehead atoms. The lowest BCUT2D eigenvalue weighted by Crippen LogP contribution is -2.32. The summed E-state index contributed by atoms with van der Waals surface area (Å²) in [6.07, 6.45) is 0. The lowest BCUT2D eigenvalue weighted by molar-refractivity contribution is 1.18. The van der Waals surface area contributed by atoms with E-state index in [0.717, 1.165) is 22.3 Å². The molecule has 0 atom stereocenters. The van der Waals surface area contributed by atoms with E-state index in [1.165, 1.54) is 10.9 Å². The van der Waals surface area contributed by atoms with Crippen molar-refractivity contribution in [2.45, 2.75) is 13.8 Å². The van der Waals surface area contributed by atoms with Crippen molar-refractivity contribution in [2.24, 2.45) is 0 Å². The minimum Gasteiger partial charge on any atom is -0.326 e. The summed E-state index contributed by atoms with van der Waals surface area (Å²) in [6.45, 7) is 4.13. The van der Waals surface area contributed by atoms with E-state index in [0.29, 0.717) is 5.96 Å². The molecule has 0 saturated carbocycles. The molecule has 0 aliphatic carbocycles. The summed E-state index contributed by atoms with van der Waals surface area (Å²) in [7, 11) is 1.92. The van der Waals surface area contributed by atoms with Gasteiger partial charge in [-0.1, -0.05) is 48.5 Å². The number of hydrogen-bond acceptors (Lipinski definition) is 1. The van der Waals surface area contributed by atoms with Crippen molar-refractivity contribution in [3.05, 3.63) is 71.8 Å². The van der Waals surface area contributed by atoms with Crippen molar-refractivity contribution in [3.63, 3.8) is 0 Å². The molecule has 0 spiro atoms. The van der Waals surface area contributed by atoms with Crippen LogP contribution in [0.1, 0.15) is 11.1 Å². The van der Waals surface area contributed by atoms with Crippen molar-refractivity contribution < 1.29 is 0 Å². The third-order valence-corrected chi connectivity index (χ3v) is 4.10. The Morgan fingerprint density at radius 2 is 1.67 bits per heavy atom. The van der Waals surface area contributed by atoms with Crippen LogP contribution in [0, 0.1) is 19.3 Å². The van der Waals surface area contributed by atoms with E-state index in [9.17, 15) is 0 Å². The van der Waals surface area contributed by atoms with Gasteiger partial charge in [0.05, 0.1) is 0 Å². The highest BCUT2D eigenvalue weighted by molar-refractivity contribution is 6.08. The summed E-state index contributed by atoms with van der Waals surface area (Å²) < 4.78 is 0. The predicted molar refractivity (Wildman–Crippen MR) is 107 cm³/mol. The van der Waals surface area contributed by atoms with Crippen molar-refractivity contribution in [3.8, 4) is 0 Å². The zero-order valence-electron chi connectivity index (χ0n) is 14.1. The third kappa shape index (κ3) is 3.52. The van der Waals surface area contributed by atoms with Gasteiger partial charge in [0.25, 0.3) is 0 Å².